The topological polar surface area (TPSA) is 83.4 Å². The van der Waals surface area contributed by atoms with Crippen molar-refractivity contribution < 1.29 is 18.8 Å². The molecule has 0 fully saturated rings. The van der Waals surface area contributed by atoms with E-state index in [1.54, 1.807) is 67.1 Å². The van der Waals surface area contributed by atoms with Crippen LogP contribution in [0.15, 0.2) is 90.1 Å². The number of rotatable bonds is 6. The van der Waals surface area contributed by atoms with Crippen LogP contribution in [-0.2, 0) is 13.2 Å². The van der Waals surface area contributed by atoms with Crippen molar-refractivity contribution in [2.45, 2.75) is 13.2 Å². The number of halogens is 2. The first-order chi connectivity index (χ1) is 17.0. The molecule has 0 aliphatic carbocycles. The number of ether oxygens (including phenoxy) is 1. The van der Waals surface area contributed by atoms with E-state index in [2.05, 4.69) is 9.97 Å². The van der Waals surface area contributed by atoms with Crippen LogP contribution in [0.1, 0.15) is 11.3 Å². The zero-order chi connectivity index (χ0) is 24.4. The third-order valence-corrected chi connectivity index (χ3v) is 5.68. The zero-order valence-electron chi connectivity index (χ0n) is 18.3. The van der Waals surface area contributed by atoms with Crippen LogP contribution in [0.5, 0.6) is 11.6 Å². The summed E-state index contributed by atoms with van der Waals surface area (Å²) in [6.45, 7) is 0.194. The third-order valence-electron chi connectivity index (χ3n) is 5.46. The Morgan fingerprint density at radius 1 is 1.06 bits per heavy atom. The van der Waals surface area contributed by atoms with Gasteiger partial charge in [-0.3, -0.25) is 4.98 Å². The number of nitrogens with zero attached hydrogens (tertiary/aromatic N) is 4. The van der Waals surface area contributed by atoms with E-state index < -0.39 is 17.3 Å². The maximum Gasteiger partial charge on any atom is 0.349 e. The predicted molar refractivity (Wildman–Crippen MR) is 126 cm³/mol. The standard InChI is InChI=1S/C26H18ClFN4O3/c27-22-10-7-17(14-30-22)15-32-23-6-2-4-12-31(23)25(33)24(26(32)34)18-8-9-20(28)21(13-18)35-16-19-5-1-3-11-29-19/h1-14H,15-16H2. The van der Waals surface area contributed by atoms with Gasteiger partial charge in [0.1, 0.15) is 23.9 Å². The van der Waals surface area contributed by atoms with Crippen molar-refractivity contribution in [3.05, 3.63) is 118 Å². The Morgan fingerprint density at radius 2 is 1.91 bits per heavy atom. The molecule has 5 aromatic rings. The van der Waals surface area contributed by atoms with Gasteiger partial charge in [-0.05, 0) is 42.0 Å². The van der Waals surface area contributed by atoms with Gasteiger partial charge in [0.2, 0.25) is 0 Å². The molecule has 0 amide bonds. The Labute approximate surface area is 204 Å². The van der Waals surface area contributed by atoms with Crippen LogP contribution in [0.3, 0.4) is 0 Å². The molecule has 0 atom stereocenters. The second-order valence-electron chi connectivity index (χ2n) is 7.74. The average Bonchev–Trinajstić information content (AvgIpc) is 2.88. The molecule has 0 saturated heterocycles. The van der Waals surface area contributed by atoms with Crippen molar-refractivity contribution in [2.24, 2.45) is 0 Å². The van der Waals surface area contributed by atoms with Crippen LogP contribution < -0.4 is 20.0 Å². The minimum absolute atomic E-state index is 0.0334. The summed E-state index contributed by atoms with van der Waals surface area (Å²) in [5, 5.41) is 13.9. The molecule has 0 saturated carbocycles. The lowest BCUT2D eigenvalue weighted by atomic mass is 10.1. The van der Waals surface area contributed by atoms with Gasteiger partial charge in [-0.2, -0.15) is 4.40 Å². The first-order valence-corrected chi connectivity index (χ1v) is 11.1. The van der Waals surface area contributed by atoms with Gasteiger partial charge in [-0.25, -0.2) is 18.7 Å². The molecular weight excluding hydrogens is 471 g/mol. The van der Waals surface area contributed by atoms with Crippen LogP contribution in [0.25, 0.3) is 16.8 Å². The van der Waals surface area contributed by atoms with E-state index in [0.29, 0.717) is 16.5 Å². The molecule has 0 aliphatic heterocycles. The Morgan fingerprint density at radius 3 is 2.69 bits per heavy atom. The SMILES string of the molecule is O=c1c(-c2ccc(F)c(OCc3ccccn3)c2)c([O-])[n+](Cc2ccc(Cl)nc2)c2ccccn12. The highest BCUT2D eigenvalue weighted by molar-refractivity contribution is 6.29. The van der Waals surface area contributed by atoms with Crippen molar-refractivity contribution >= 4 is 17.2 Å². The van der Waals surface area contributed by atoms with Gasteiger partial charge >= 0.3 is 5.56 Å². The molecule has 0 spiro atoms. The van der Waals surface area contributed by atoms with Gasteiger partial charge in [0.15, 0.2) is 11.6 Å². The van der Waals surface area contributed by atoms with Gasteiger partial charge in [0, 0.05) is 24.0 Å². The highest BCUT2D eigenvalue weighted by atomic mass is 35.5. The van der Waals surface area contributed by atoms with Gasteiger partial charge in [-0.1, -0.05) is 35.9 Å². The van der Waals surface area contributed by atoms with Crippen molar-refractivity contribution in [1.82, 2.24) is 14.4 Å². The van der Waals surface area contributed by atoms with Crippen molar-refractivity contribution in [3.63, 3.8) is 0 Å². The lowest BCUT2D eigenvalue weighted by Crippen LogP contribution is -2.44. The molecule has 0 radical (unpaired) electrons. The second-order valence-corrected chi connectivity index (χ2v) is 8.13. The number of hydrogen-bond acceptors (Lipinski definition) is 5. The van der Waals surface area contributed by atoms with Crippen LogP contribution in [0.2, 0.25) is 5.15 Å². The number of pyridine rings is 3. The third kappa shape index (κ3) is 4.56. The smallest absolute Gasteiger partial charge is 0.349 e. The molecule has 5 rings (SSSR count). The fourth-order valence-electron chi connectivity index (χ4n) is 3.76. The summed E-state index contributed by atoms with van der Waals surface area (Å²) in [5.41, 5.74) is 1.39. The first-order valence-electron chi connectivity index (χ1n) is 10.7. The summed E-state index contributed by atoms with van der Waals surface area (Å²) < 4.78 is 23.0. The normalized spacial score (nSPS) is 11.0. The van der Waals surface area contributed by atoms with E-state index >= 15 is 0 Å². The van der Waals surface area contributed by atoms with E-state index in [0.717, 1.165) is 5.56 Å². The number of fused-ring (bicyclic) bond motifs is 1. The summed E-state index contributed by atoms with van der Waals surface area (Å²) in [6.07, 6.45) is 4.76. The average molecular weight is 489 g/mol. The van der Waals surface area contributed by atoms with Crippen LogP contribution in [0, 0.1) is 5.82 Å². The second kappa shape index (κ2) is 9.52. The van der Waals surface area contributed by atoms with Crippen molar-refractivity contribution in [3.8, 4) is 22.8 Å². The summed E-state index contributed by atoms with van der Waals surface area (Å²) in [4.78, 5) is 21.6. The number of hydrogen-bond donors (Lipinski definition) is 0. The molecule has 0 unspecified atom stereocenters. The van der Waals surface area contributed by atoms with E-state index in [4.69, 9.17) is 16.3 Å². The minimum atomic E-state index is -0.613. The molecular formula is C26H18ClFN4O3. The van der Waals surface area contributed by atoms with Gasteiger partial charge in [-0.15, -0.1) is 0 Å². The molecule has 0 aliphatic rings. The first kappa shape index (κ1) is 22.5. The Kier molecular flexibility index (Phi) is 6.12. The molecule has 0 bridgehead atoms. The maximum absolute atomic E-state index is 14.5. The summed E-state index contributed by atoms with van der Waals surface area (Å²) >= 11 is 5.89. The molecule has 4 heterocycles. The lowest BCUT2D eigenvalue weighted by molar-refractivity contribution is -0.708. The van der Waals surface area contributed by atoms with Crippen LogP contribution >= 0.6 is 11.6 Å². The summed E-state index contributed by atoms with van der Waals surface area (Å²) in [5.74, 6) is -1.21. The molecule has 0 N–H and O–H groups in total. The Hall–Kier alpha value is -4.30. The zero-order valence-corrected chi connectivity index (χ0v) is 19.0. The Bertz CT molecular complexity index is 1570. The van der Waals surface area contributed by atoms with E-state index in [9.17, 15) is 14.3 Å². The minimum Gasteiger partial charge on any atom is -0.842 e. The summed E-state index contributed by atoms with van der Waals surface area (Å²) in [7, 11) is 0. The van der Waals surface area contributed by atoms with E-state index in [1.165, 1.54) is 27.2 Å². The Balaban J connectivity index is 1.61. The quantitative estimate of drug-likeness (QED) is 0.270. The fourth-order valence-corrected chi connectivity index (χ4v) is 3.88. The van der Waals surface area contributed by atoms with Crippen molar-refractivity contribution in [2.75, 3.05) is 0 Å². The van der Waals surface area contributed by atoms with E-state index in [-0.39, 0.29) is 30.0 Å². The predicted octanol–water partition coefficient (Wildman–Crippen LogP) is 3.54. The number of benzene rings is 1. The molecule has 35 heavy (non-hydrogen) atoms. The monoisotopic (exact) mass is 488 g/mol. The molecule has 1 aromatic carbocycles. The molecule has 9 heteroatoms. The molecule has 4 aromatic heterocycles. The van der Waals surface area contributed by atoms with Crippen molar-refractivity contribution in [1.29, 1.82) is 0 Å². The maximum atomic E-state index is 14.5. The van der Waals surface area contributed by atoms with E-state index in [1.807, 2.05) is 0 Å². The molecule has 7 nitrogen and oxygen atoms in total. The van der Waals surface area contributed by atoms with Crippen LogP contribution in [-0.4, -0.2) is 14.4 Å². The van der Waals surface area contributed by atoms with Gasteiger partial charge < -0.3 is 9.84 Å². The molecule has 174 valence electrons. The fraction of sp³-hybridized carbons (Fsp3) is 0.0769. The lowest BCUT2D eigenvalue weighted by Gasteiger charge is -2.17. The highest BCUT2D eigenvalue weighted by Crippen LogP contribution is 2.28. The van der Waals surface area contributed by atoms with Gasteiger partial charge in [0.05, 0.1) is 17.8 Å². The van der Waals surface area contributed by atoms with Crippen LogP contribution in [0.4, 0.5) is 4.39 Å². The summed E-state index contributed by atoms with van der Waals surface area (Å²) in [6, 6.07) is 17.8. The largest absolute Gasteiger partial charge is 0.842 e. The number of aromatic nitrogens is 4. The highest BCUT2D eigenvalue weighted by Gasteiger charge is 2.21. The van der Waals surface area contributed by atoms with Gasteiger partial charge in [0.25, 0.3) is 5.65 Å².